The molecular formula is C11H18N4OS. The zero-order chi connectivity index (χ0) is 12.3. The van der Waals surface area contributed by atoms with Crippen LogP contribution in [0, 0.1) is 6.92 Å². The minimum atomic E-state index is 0.330. The number of nitrogens with zero attached hydrogens (tertiary/aromatic N) is 2. The van der Waals surface area contributed by atoms with Crippen molar-refractivity contribution in [1.82, 2.24) is 9.97 Å². The van der Waals surface area contributed by atoms with E-state index in [1.54, 1.807) is 0 Å². The number of nitrogen functional groups attached to an aromatic ring is 1. The number of ether oxygens (including phenoxy) is 1. The molecule has 6 heteroatoms. The molecular weight excluding hydrogens is 236 g/mol. The molecule has 0 amide bonds. The van der Waals surface area contributed by atoms with Crippen LogP contribution in [0.4, 0.5) is 5.82 Å². The minimum absolute atomic E-state index is 0.330. The Balaban J connectivity index is 1.96. The van der Waals surface area contributed by atoms with Crippen molar-refractivity contribution < 1.29 is 4.74 Å². The van der Waals surface area contributed by atoms with Crippen LogP contribution >= 0.6 is 11.8 Å². The molecule has 0 bridgehead atoms. The van der Waals surface area contributed by atoms with Gasteiger partial charge in [0.15, 0.2) is 0 Å². The minimum Gasteiger partial charge on any atom is -0.377 e. The Morgan fingerprint density at radius 1 is 1.59 bits per heavy atom. The van der Waals surface area contributed by atoms with Gasteiger partial charge >= 0.3 is 0 Å². The number of hydrazine groups is 1. The summed E-state index contributed by atoms with van der Waals surface area (Å²) in [5.74, 6) is 7.65. The van der Waals surface area contributed by atoms with E-state index in [0.29, 0.717) is 17.2 Å². The topological polar surface area (TPSA) is 73.1 Å². The van der Waals surface area contributed by atoms with Crippen molar-refractivity contribution in [1.29, 1.82) is 0 Å². The van der Waals surface area contributed by atoms with Crippen molar-refractivity contribution in [3.8, 4) is 0 Å². The van der Waals surface area contributed by atoms with E-state index in [1.807, 2.05) is 24.8 Å². The first-order valence-corrected chi connectivity index (χ1v) is 6.78. The fourth-order valence-electron chi connectivity index (χ4n) is 1.88. The van der Waals surface area contributed by atoms with Crippen LogP contribution in [-0.4, -0.2) is 27.9 Å². The molecule has 1 aliphatic heterocycles. The summed E-state index contributed by atoms with van der Waals surface area (Å²) in [4.78, 5) is 8.73. The van der Waals surface area contributed by atoms with E-state index in [-0.39, 0.29) is 0 Å². The summed E-state index contributed by atoms with van der Waals surface area (Å²) in [6, 6.07) is 1.83. The maximum Gasteiger partial charge on any atom is 0.143 e. The maximum atomic E-state index is 5.53. The van der Waals surface area contributed by atoms with Crippen LogP contribution in [-0.2, 0) is 10.5 Å². The van der Waals surface area contributed by atoms with Gasteiger partial charge in [-0.3, -0.25) is 0 Å². The highest BCUT2D eigenvalue weighted by Gasteiger charge is 2.24. The van der Waals surface area contributed by atoms with E-state index in [9.17, 15) is 0 Å². The number of anilines is 1. The third-order valence-corrected chi connectivity index (χ3v) is 4.25. The monoisotopic (exact) mass is 254 g/mol. The number of nitrogens with two attached hydrogens (primary N) is 1. The molecule has 2 atom stereocenters. The van der Waals surface area contributed by atoms with Gasteiger partial charge in [-0.05, 0) is 20.3 Å². The third-order valence-electron chi connectivity index (χ3n) is 2.78. The van der Waals surface area contributed by atoms with E-state index in [0.717, 1.165) is 30.3 Å². The summed E-state index contributed by atoms with van der Waals surface area (Å²) >= 11 is 1.85. The number of hydrogen-bond acceptors (Lipinski definition) is 6. The standard InChI is InChI=1S/C11H18N4OS/c1-7-5-10(15-12)14-11(13-7)6-17-9-3-4-16-8(9)2/h5,8-9H,3-4,6,12H2,1-2H3,(H,13,14,15). The average molecular weight is 254 g/mol. The Morgan fingerprint density at radius 3 is 3.06 bits per heavy atom. The molecule has 2 unspecified atom stereocenters. The van der Waals surface area contributed by atoms with E-state index < -0.39 is 0 Å². The molecule has 1 aliphatic rings. The molecule has 2 rings (SSSR count). The largest absolute Gasteiger partial charge is 0.377 e. The molecule has 0 saturated carbocycles. The van der Waals surface area contributed by atoms with Gasteiger partial charge in [0.05, 0.1) is 11.9 Å². The molecule has 0 aromatic carbocycles. The number of rotatable bonds is 4. The molecule has 94 valence electrons. The van der Waals surface area contributed by atoms with Crippen molar-refractivity contribution >= 4 is 17.6 Å². The van der Waals surface area contributed by atoms with Gasteiger partial charge in [-0.2, -0.15) is 0 Å². The number of thioether (sulfide) groups is 1. The van der Waals surface area contributed by atoms with Gasteiger partial charge in [0.25, 0.3) is 0 Å². The van der Waals surface area contributed by atoms with Gasteiger partial charge in [0.2, 0.25) is 0 Å². The van der Waals surface area contributed by atoms with Crippen LogP contribution in [0.25, 0.3) is 0 Å². The van der Waals surface area contributed by atoms with E-state index in [2.05, 4.69) is 22.3 Å². The molecule has 0 aliphatic carbocycles. The molecule has 1 aromatic heterocycles. The summed E-state index contributed by atoms with van der Waals surface area (Å²) in [5.41, 5.74) is 3.49. The van der Waals surface area contributed by atoms with E-state index in [1.165, 1.54) is 0 Å². The Kier molecular flexibility index (Phi) is 4.20. The fourth-order valence-corrected chi connectivity index (χ4v) is 2.99. The van der Waals surface area contributed by atoms with E-state index in [4.69, 9.17) is 10.6 Å². The second kappa shape index (κ2) is 5.66. The summed E-state index contributed by atoms with van der Waals surface area (Å²) < 4.78 is 5.53. The molecule has 0 radical (unpaired) electrons. The lowest BCUT2D eigenvalue weighted by atomic mass is 10.3. The highest BCUT2D eigenvalue weighted by atomic mass is 32.2. The van der Waals surface area contributed by atoms with Crippen molar-refractivity contribution in [2.24, 2.45) is 5.84 Å². The summed E-state index contributed by atoms with van der Waals surface area (Å²) in [7, 11) is 0. The molecule has 1 aromatic rings. The summed E-state index contributed by atoms with van der Waals surface area (Å²) in [5, 5.41) is 0.549. The predicted molar refractivity (Wildman–Crippen MR) is 69.7 cm³/mol. The number of aryl methyl sites for hydroxylation is 1. The van der Waals surface area contributed by atoms with Gasteiger partial charge in [-0.1, -0.05) is 0 Å². The lowest BCUT2D eigenvalue weighted by Gasteiger charge is -2.13. The van der Waals surface area contributed by atoms with Gasteiger partial charge in [0.1, 0.15) is 11.6 Å². The smallest absolute Gasteiger partial charge is 0.143 e. The number of aromatic nitrogens is 2. The van der Waals surface area contributed by atoms with E-state index >= 15 is 0 Å². The van der Waals surface area contributed by atoms with Gasteiger partial charge in [0, 0.05) is 23.6 Å². The number of nitrogens with one attached hydrogen (secondary N) is 1. The van der Waals surface area contributed by atoms with Crippen LogP contribution in [0.15, 0.2) is 6.07 Å². The molecule has 3 N–H and O–H groups in total. The zero-order valence-corrected chi connectivity index (χ0v) is 11.0. The summed E-state index contributed by atoms with van der Waals surface area (Å²) in [6.07, 6.45) is 1.44. The molecule has 5 nitrogen and oxygen atoms in total. The normalized spacial score (nSPS) is 23.9. The second-order valence-corrected chi connectivity index (χ2v) is 5.40. The average Bonchev–Trinajstić information content (AvgIpc) is 2.71. The highest BCUT2D eigenvalue weighted by molar-refractivity contribution is 7.99. The second-order valence-electron chi connectivity index (χ2n) is 4.17. The zero-order valence-electron chi connectivity index (χ0n) is 10.1. The number of hydrogen-bond donors (Lipinski definition) is 2. The van der Waals surface area contributed by atoms with Crippen LogP contribution in [0.3, 0.4) is 0 Å². The molecule has 1 fully saturated rings. The van der Waals surface area contributed by atoms with Gasteiger partial charge in [-0.15, -0.1) is 11.8 Å². The van der Waals surface area contributed by atoms with Crippen LogP contribution in [0.2, 0.25) is 0 Å². The van der Waals surface area contributed by atoms with Crippen molar-refractivity contribution in [2.45, 2.75) is 37.4 Å². The predicted octanol–water partition coefficient (Wildman–Crippen LogP) is 1.48. The van der Waals surface area contributed by atoms with Crippen molar-refractivity contribution in [3.05, 3.63) is 17.6 Å². The van der Waals surface area contributed by atoms with Crippen molar-refractivity contribution in [3.63, 3.8) is 0 Å². The Bertz CT molecular complexity index is 388. The highest BCUT2D eigenvalue weighted by Crippen LogP contribution is 2.28. The first-order chi connectivity index (χ1) is 8.19. The molecule has 1 saturated heterocycles. The van der Waals surface area contributed by atoms with Crippen LogP contribution in [0.1, 0.15) is 24.9 Å². The molecule has 17 heavy (non-hydrogen) atoms. The Hall–Kier alpha value is -0.850. The Labute approximate surface area is 106 Å². The fraction of sp³-hybridized carbons (Fsp3) is 0.636. The van der Waals surface area contributed by atoms with Gasteiger partial charge in [-0.25, -0.2) is 15.8 Å². The Morgan fingerprint density at radius 2 is 2.41 bits per heavy atom. The lowest BCUT2D eigenvalue weighted by Crippen LogP contribution is -2.14. The first kappa shape index (κ1) is 12.6. The lowest BCUT2D eigenvalue weighted by molar-refractivity contribution is 0.127. The molecule has 0 spiro atoms. The molecule has 2 heterocycles. The van der Waals surface area contributed by atoms with Crippen molar-refractivity contribution in [2.75, 3.05) is 12.0 Å². The summed E-state index contributed by atoms with van der Waals surface area (Å²) in [6.45, 7) is 4.93. The maximum absolute atomic E-state index is 5.53. The van der Waals surface area contributed by atoms with Crippen LogP contribution < -0.4 is 11.3 Å². The van der Waals surface area contributed by atoms with Crippen LogP contribution in [0.5, 0.6) is 0 Å². The third kappa shape index (κ3) is 3.31. The first-order valence-electron chi connectivity index (χ1n) is 5.73. The quantitative estimate of drug-likeness (QED) is 0.626. The SMILES string of the molecule is Cc1cc(NN)nc(CSC2CCOC2C)n1. The van der Waals surface area contributed by atoms with Gasteiger partial charge < -0.3 is 10.2 Å².